The van der Waals surface area contributed by atoms with Crippen molar-refractivity contribution in [1.29, 1.82) is 0 Å². The van der Waals surface area contributed by atoms with Crippen LogP contribution in [-0.4, -0.2) is 26.2 Å². The van der Waals surface area contributed by atoms with Gasteiger partial charge in [-0.2, -0.15) is 0 Å². The second-order valence-electron chi connectivity index (χ2n) is 2.76. The van der Waals surface area contributed by atoms with E-state index in [0.717, 1.165) is 12.1 Å². The van der Waals surface area contributed by atoms with E-state index in [0.29, 0.717) is 6.07 Å². The van der Waals surface area contributed by atoms with E-state index in [1.165, 1.54) is 0 Å². The Morgan fingerprint density at radius 2 is 1.94 bits per heavy atom. The van der Waals surface area contributed by atoms with Crippen molar-refractivity contribution in [3.8, 4) is 5.75 Å². The summed E-state index contributed by atoms with van der Waals surface area (Å²) in [4.78, 5) is 9.86. The molecule has 0 aliphatic heterocycles. The lowest BCUT2D eigenvalue weighted by molar-refractivity contribution is -0.275. The van der Waals surface area contributed by atoms with Crippen LogP contribution in [0.2, 0.25) is 0 Å². The highest BCUT2D eigenvalue weighted by molar-refractivity contribution is 7.79. The third kappa shape index (κ3) is 3.71. The molecular formula is C8H5F3O5S. The van der Waals surface area contributed by atoms with Gasteiger partial charge in [-0.1, -0.05) is 0 Å². The maximum absolute atomic E-state index is 12.0. The van der Waals surface area contributed by atoms with Crippen LogP contribution in [0.1, 0.15) is 10.4 Å². The minimum absolute atomic E-state index is 0.488. The van der Waals surface area contributed by atoms with E-state index in [9.17, 15) is 22.2 Å². The molecule has 0 aromatic heterocycles. The number of carboxylic acids is 1. The second kappa shape index (κ2) is 4.72. The van der Waals surface area contributed by atoms with Crippen molar-refractivity contribution in [3.05, 3.63) is 23.8 Å². The van der Waals surface area contributed by atoms with Crippen molar-refractivity contribution < 1.29 is 36.6 Å². The highest BCUT2D eigenvalue weighted by Crippen LogP contribution is 2.29. The van der Waals surface area contributed by atoms with Crippen LogP contribution in [0.5, 0.6) is 5.75 Å². The zero-order chi connectivity index (χ0) is 13.2. The first-order valence-electron chi connectivity index (χ1n) is 3.94. The first-order valence-corrected chi connectivity index (χ1v) is 5.05. The van der Waals surface area contributed by atoms with Gasteiger partial charge in [0.1, 0.15) is 10.6 Å². The van der Waals surface area contributed by atoms with Gasteiger partial charge in [-0.25, -0.2) is 9.00 Å². The molecule has 1 unspecified atom stereocenters. The Morgan fingerprint density at radius 1 is 1.35 bits per heavy atom. The van der Waals surface area contributed by atoms with Gasteiger partial charge in [-0.3, -0.25) is 0 Å². The second-order valence-corrected chi connectivity index (χ2v) is 3.70. The molecule has 1 rings (SSSR count). The van der Waals surface area contributed by atoms with Crippen LogP contribution < -0.4 is 4.74 Å². The van der Waals surface area contributed by atoms with Crippen LogP contribution in [0.25, 0.3) is 0 Å². The summed E-state index contributed by atoms with van der Waals surface area (Å²) in [6.07, 6.45) is -5.08. The molecule has 2 N–H and O–H groups in total. The summed E-state index contributed by atoms with van der Waals surface area (Å²) >= 11 is -2.71. The molecule has 17 heavy (non-hydrogen) atoms. The Hall–Kier alpha value is -1.61. The summed E-state index contributed by atoms with van der Waals surface area (Å²) in [7, 11) is 0. The van der Waals surface area contributed by atoms with Crippen LogP contribution >= 0.6 is 0 Å². The summed E-state index contributed by atoms with van der Waals surface area (Å²) in [5, 5.41) is 8.56. The SMILES string of the molecule is O=C(O)c1ccc(S(=O)O)c(OC(F)(F)F)c1. The van der Waals surface area contributed by atoms with E-state index < -0.39 is 39.6 Å². The molecule has 9 heteroatoms. The topological polar surface area (TPSA) is 83.8 Å². The standard InChI is InChI=1S/C8H5F3O5S/c9-8(10,11)16-5-3-4(7(12)13)1-2-6(5)17(14)15/h1-3H,(H,12,13)(H,14,15). The van der Waals surface area contributed by atoms with E-state index in [4.69, 9.17) is 9.66 Å². The molecule has 0 heterocycles. The number of hydrogen-bond acceptors (Lipinski definition) is 3. The van der Waals surface area contributed by atoms with Gasteiger partial charge in [0.15, 0.2) is 11.1 Å². The minimum Gasteiger partial charge on any atom is -0.478 e. The number of rotatable bonds is 3. The molecule has 0 fully saturated rings. The van der Waals surface area contributed by atoms with E-state index in [1.807, 2.05) is 0 Å². The quantitative estimate of drug-likeness (QED) is 0.819. The van der Waals surface area contributed by atoms with Crippen LogP contribution in [0, 0.1) is 0 Å². The van der Waals surface area contributed by atoms with Gasteiger partial charge >= 0.3 is 12.3 Å². The zero-order valence-electron chi connectivity index (χ0n) is 7.89. The summed E-state index contributed by atoms with van der Waals surface area (Å²) in [6.45, 7) is 0. The molecule has 0 bridgehead atoms. The monoisotopic (exact) mass is 270 g/mol. The van der Waals surface area contributed by atoms with E-state index >= 15 is 0 Å². The first-order chi connectivity index (χ1) is 7.70. The molecule has 1 aromatic rings. The highest BCUT2D eigenvalue weighted by atomic mass is 32.2. The lowest BCUT2D eigenvalue weighted by atomic mass is 10.2. The van der Waals surface area contributed by atoms with Gasteiger partial charge < -0.3 is 14.4 Å². The van der Waals surface area contributed by atoms with E-state index in [1.54, 1.807) is 0 Å². The lowest BCUT2D eigenvalue weighted by Crippen LogP contribution is -2.18. The molecule has 0 saturated carbocycles. The predicted molar refractivity (Wildman–Crippen MR) is 49.1 cm³/mol. The number of ether oxygens (including phenoxy) is 1. The highest BCUT2D eigenvalue weighted by Gasteiger charge is 2.33. The Labute approximate surface area is 95.1 Å². The fourth-order valence-electron chi connectivity index (χ4n) is 0.990. The molecule has 0 saturated heterocycles. The summed E-state index contributed by atoms with van der Waals surface area (Å²) in [6, 6.07) is 2.20. The van der Waals surface area contributed by atoms with Crippen LogP contribution in [0.15, 0.2) is 23.1 Å². The number of carboxylic acid groups (broad SMARTS) is 1. The molecule has 1 atom stereocenters. The van der Waals surface area contributed by atoms with Gasteiger partial charge in [0, 0.05) is 0 Å². The van der Waals surface area contributed by atoms with Crippen molar-refractivity contribution >= 4 is 17.0 Å². The Balaban J connectivity index is 3.25. The number of carbonyl (C=O) groups is 1. The summed E-state index contributed by atoms with van der Waals surface area (Å²) in [5.41, 5.74) is -0.488. The van der Waals surface area contributed by atoms with E-state index in [-0.39, 0.29) is 0 Å². The average molecular weight is 270 g/mol. The molecule has 0 aliphatic carbocycles. The number of hydrogen-bond donors (Lipinski definition) is 2. The van der Waals surface area contributed by atoms with Gasteiger partial charge in [-0.05, 0) is 18.2 Å². The molecule has 94 valence electrons. The van der Waals surface area contributed by atoms with Gasteiger partial charge in [0.25, 0.3) is 0 Å². The van der Waals surface area contributed by atoms with Gasteiger partial charge in [0.05, 0.1) is 5.56 Å². The summed E-state index contributed by atoms with van der Waals surface area (Å²) in [5.74, 6) is -2.49. The maximum Gasteiger partial charge on any atom is 0.573 e. The third-order valence-electron chi connectivity index (χ3n) is 1.60. The van der Waals surface area contributed by atoms with Crippen LogP contribution in [0.4, 0.5) is 13.2 Å². The lowest BCUT2D eigenvalue weighted by Gasteiger charge is -2.11. The van der Waals surface area contributed by atoms with Crippen molar-refractivity contribution in [2.75, 3.05) is 0 Å². The number of halogens is 3. The Bertz CT molecular complexity index is 471. The molecule has 1 aromatic carbocycles. The largest absolute Gasteiger partial charge is 0.573 e. The molecule has 0 amide bonds. The number of benzene rings is 1. The number of aromatic carboxylic acids is 1. The molecule has 0 spiro atoms. The third-order valence-corrected chi connectivity index (χ3v) is 2.32. The van der Waals surface area contributed by atoms with Crippen molar-refractivity contribution in [1.82, 2.24) is 0 Å². The molecule has 0 radical (unpaired) electrons. The molecular weight excluding hydrogens is 265 g/mol. The van der Waals surface area contributed by atoms with Crippen LogP contribution in [0.3, 0.4) is 0 Å². The van der Waals surface area contributed by atoms with Gasteiger partial charge in [-0.15, -0.1) is 13.2 Å². The first kappa shape index (κ1) is 13.5. The Kier molecular flexibility index (Phi) is 3.73. The fourth-order valence-corrected chi connectivity index (χ4v) is 1.45. The van der Waals surface area contributed by atoms with Gasteiger partial charge in [0.2, 0.25) is 0 Å². The molecule has 0 aliphatic rings. The van der Waals surface area contributed by atoms with E-state index in [2.05, 4.69) is 4.74 Å². The maximum atomic E-state index is 12.0. The average Bonchev–Trinajstić information content (AvgIpc) is 2.14. The number of alkyl halides is 3. The fraction of sp³-hybridized carbons (Fsp3) is 0.125. The minimum atomic E-state index is -5.08. The molecule has 5 nitrogen and oxygen atoms in total. The van der Waals surface area contributed by atoms with Crippen molar-refractivity contribution in [2.45, 2.75) is 11.3 Å². The smallest absolute Gasteiger partial charge is 0.478 e. The van der Waals surface area contributed by atoms with Crippen molar-refractivity contribution in [2.24, 2.45) is 0 Å². The predicted octanol–water partition coefficient (Wildman–Crippen LogP) is 1.86. The van der Waals surface area contributed by atoms with Crippen molar-refractivity contribution in [3.63, 3.8) is 0 Å². The summed E-state index contributed by atoms with van der Waals surface area (Å²) < 4.78 is 58.8. The van der Waals surface area contributed by atoms with Crippen LogP contribution in [-0.2, 0) is 11.1 Å². The Morgan fingerprint density at radius 3 is 2.35 bits per heavy atom. The zero-order valence-corrected chi connectivity index (χ0v) is 8.71. The normalized spacial score (nSPS) is 13.2.